The zero-order valence-electron chi connectivity index (χ0n) is 17.8. The van der Waals surface area contributed by atoms with Crippen LogP contribution < -0.4 is 0 Å². The number of rotatable bonds is 8. The van der Waals surface area contributed by atoms with Gasteiger partial charge in [-0.2, -0.15) is 0 Å². The average Bonchev–Trinajstić information content (AvgIpc) is 3.34. The van der Waals surface area contributed by atoms with Gasteiger partial charge in [0.05, 0.1) is 12.2 Å². The minimum atomic E-state index is -0.0693. The van der Waals surface area contributed by atoms with Gasteiger partial charge in [0.25, 0.3) is 0 Å². The summed E-state index contributed by atoms with van der Waals surface area (Å²) in [5.41, 5.74) is 0. The van der Waals surface area contributed by atoms with Crippen molar-refractivity contribution in [1.82, 2.24) is 0 Å². The molecule has 0 spiro atoms. The zero-order chi connectivity index (χ0) is 20.0. The molecule has 156 valence electrons. The van der Waals surface area contributed by atoms with Crippen molar-refractivity contribution in [2.45, 2.75) is 78.4 Å². The fourth-order valence-corrected chi connectivity index (χ4v) is 7.36. The lowest BCUT2D eigenvalue weighted by molar-refractivity contribution is -0.149. The molecule has 0 amide bonds. The number of allylic oxidation sites excluding steroid dienone is 2. The van der Waals surface area contributed by atoms with Crippen LogP contribution in [0, 0.1) is 47.3 Å². The van der Waals surface area contributed by atoms with Crippen LogP contribution in [0.1, 0.15) is 66.2 Å². The molecule has 0 aromatic heterocycles. The highest BCUT2D eigenvalue weighted by Crippen LogP contribution is 2.69. The summed E-state index contributed by atoms with van der Waals surface area (Å²) in [5.74, 6) is 5.62. The van der Waals surface area contributed by atoms with Crippen molar-refractivity contribution < 1.29 is 19.1 Å². The molecule has 4 aliphatic rings. The second-order valence-electron chi connectivity index (χ2n) is 10.1. The third-order valence-electron chi connectivity index (χ3n) is 7.86. The highest BCUT2D eigenvalue weighted by atomic mass is 16.5. The number of carbonyl (C=O) groups excluding carboxylic acids is 2. The standard InChI is InChI=1S/C24H36O4/c1-13(2)27-21(25)9-7-17-18(8-10-22(26)28-14(3)4)20-12-19(17)23-15-5-6-16(11-15)24(20)23/h5-6,13-20,23-24H,7-12H2,1-4H3. The molecule has 8 unspecified atom stereocenters. The third kappa shape index (κ3) is 3.64. The summed E-state index contributed by atoms with van der Waals surface area (Å²) in [6.45, 7) is 7.63. The van der Waals surface area contributed by atoms with Crippen molar-refractivity contribution in [3.63, 3.8) is 0 Å². The van der Waals surface area contributed by atoms with E-state index in [0.29, 0.717) is 24.7 Å². The first-order valence-corrected chi connectivity index (χ1v) is 11.4. The number of carbonyl (C=O) groups is 2. The van der Waals surface area contributed by atoms with Crippen molar-refractivity contribution in [3.05, 3.63) is 12.2 Å². The van der Waals surface area contributed by atoms with Crippen LogP contribution in [-0.4, -0.2) is 24.1 Å². The number of hydrogen-bond donors (Lipinski definition) is 0. The molecule has 0 radical (unpaired) electrons. The minimum absolute atomic E-state index is 0.0470. The third-order valence-corrected chi connectivity index (χ3v) is 7.86. The van der Waals surface area contributed by atoms with Crippen LogP contribution in [0.3, 0.4) is 0 Å². The quantitative estimate of drug-likeness (QED) is 0.341. The fraction of sp³-hybridized carbons (Fsp3) is 0.833. The molecule has 0 aromatic carbocycles. The van der Waals surface area contributed by atoms with Gasteiger partial charge in [-0.3, -0.25) is 9.59 Å². The van der Waals surface area contributed by atoms with Gasteiger partial charge < -0.3 is 9.47 Å². The Kier molecular flexibility index (Phi) is 5.59. The Hall–Kier alpha value is -1.32. The lowest BCUT2D eigenvalue weighted by atomic mass is 9.63. The van der Waals surface area contributed by atoms with E-state index in [-0.39, 0.29) is 24.1 Å². The molecule has 4 nitrogen and oxygen atoms in total. The summed E-state index contributed by atoms with van der Waals surface area (Å²) >= 11 is 0. The second kappa shape index (κ2) is 7.84. The topological polar surface area (TPSA) is 52.6 Å². The first-order valence-electron chi connectivity index (χ1n) is 11.4. The number of hydrogen-bond acceptors (Lipinski definition) is 4. The predicted octanol–water partition coefficient (Wildman–Crippen LogP) is 4.77. The average molecular weight is 389 g/mol. The molecule has 4 rings (SSSR count). The maximum atomic E-state index is 12.2. The summed E-state index contributed by atoms with van der Waals surface area (Å²) in [6.07, 6.45) is 10.3. The number of ether oxygens (including phenoxy) is 2. The van der Waals surface area contributed by atoms with Gasteiger partial charge in [0.2, 0.25) is 0 Å². The van der Waals surface area contributed by atoms with Gasteiger partial charge in [-0.05, 0) is 101 Å². The maximum Gasteiger partial charge on any atom is 0.306 e. The maximum absolute atomic E-state index is 12.2. The van der Waals surface area contributed by atoms with Crippen LogP contribution in [0.4, 0.5) is 0 Å². The van der Waals surface area contributed by atoms with Gasteiger partial charge in [-0.15, -0.1) is 0 Å². The Labute approximate surface area is 169 Å². The Balaban J connectivity index is 1.43. The predicted molar refractivity (Wildman–Crippen MR) is 107 cm³/mol. The normalized spacial score (nSPS) is 39.8. The Morgan fingerprint density at radius 2 is 1.21 bits per heavy atom. The molecule has 28 heavy (non-hydrogen) atoms. The van der Waals surface area contributed by atoms with E-state index in [1.54, 1.807) is 0 Å². The van der Waals surface area contributed by atoms with E-state index in [9.17, 15) is 9.59 Å². The molecule has 0 aliphatic heterocycles. The molecule has 3 fully saturated rings. The van der Waals surface area contributed by atoms with Gasteiger partial charge in [-0.25, -0.2) is 0 Å². The molecular weight excluding hydrogens is 352 g/mol. The van der Waals surface area contributed by atoms with Gasteiger partial charge in [0.15, 0.2) is 0 Å². The molecule has 3 saturated carbocycles. The van der Waals surface area contributed by atoms with Gasteiger partial charge in [0.1, 0.15) is 0 Å². The lowest BCUT2D eigenvalue weighted by Gasteiger charge is -2.42. The molecule has 4 heteroatoms. The molecule has 0 aromatic rings. The minimum Gasteiger partial charge on any atom is -0.463 e. The van der Waals surface area contributed by atoms with Crippen molar-refractivity contribution in [1.29, 1.82) is 0 Å². The fourth-order valence-electron chi connectivity index (χ4n) is 7.36. The molecule has 8 atom stereocenters. The Bertz CT molecular complexity index is 585. The van der Waals surface area contributed by atoms with Crippen molar-refractivity contribution in [2.75, 3.05) is 0 Å². The first kappa shape index (κ1) is 20.0. The number of fused-ring (bicyclic) bond motifs is 9. The largest absolute Gasteiger partial charge is 0.463 e. The van der Waals surface area contributed by atoms with Crippen LogP contribution in [0.2, 0.25) is 0 Å². The summed E-state index contributed by atoms with van der Waals surface area (Å²) in [6, 6.07) is 0. The molecule has 4 aliphatic carbocycles. The molecule has 0 saturated heterocycles. The van der Waals surface area contributed by atoms with Crippen LogP contribution in [-0.2, 0) is 19.1 Å². The molecule has 0 heterocycles. The van der Waals surface area contributed by atoms with Gasteiger partial charge in [-0.1, -0.05) is 12.2 Å². The van der Waals surface area contributed by atoms with E-state index in [2.05, 4.69) is 12.2 Å². The number of esters is 2. The summed E-state index contributed by atoms with van der Waals surface area (Å²) in [4.78, 5) is 24.3. The van der Waals surface area contributed by atoms with Crippen molar-refractivity contribution in [3.8, 4) is 0 Å². The van der Waals surface area contributed by atoms with Crippen LogP contribution in [0.15, 0.2) is 12.2 Å². The highest BCUT2D eigenvalue weighted by molar-refractivity contribution is 5.70. The van der Waals surface area contributed by atoms with E-state index in [4.69, 9.17) is 9.47 Å². The molecule has 4 bridgehead atoms. The van der Waals surface area contributed by atoms with E-state index < -0.39 is 0 Å². The highest BCUT2D eigenvalue weighted by Gasteiger charge is 2.63. The van der Waals surface area contributed by atoms with Crippen LogP contribution >= 0.6 is 0 Å². The van der Waals surface area contributed by atoms with Gasteiger partial charge >= 0.3 is 11.9 Å². The van der Waals surface area contributed by atoms with E-state index in [1.165, 1.54) is 12.8 Å². The molecule has 0 N–H and O–H groups in total. The zero-order valence-corrected chi connectivity index (χ0v) is 17.8. The van der Waals surface area contributed by atoms with Crippen molar-refractivity contribution >= 4 is 11.9 Å². The molecular formula is C24H36O4. The van der Waals surface area contributed by atoms with Gasteiger partial charge in [0, 0.05) is 12.8 Å². The Morgan fingerprint density at radius 3 is 1.61 bits per heavy atom. The SMILES string of the molecule is CC(C)OC(=O)CCC1C(CCC(=O)OC(C)C)C2CC1C1C3C=CC(C3)C21. The second-order valence-corrected chi connectivity index (χ2v) is 10.1. The smallest absolute Gasteiger partial charge is 0.306 e. The first-order chi connectivity index (χ1) is 13.3. The van der Waals surface area contributed by atoms with E-state index in [1.807, 2.05) is 27.7 Å². The summed E-state index contributed by atoms with van der Waals surface area (Å²) in [5, 5.41) is 0. The summed E-state index contributed by atoms with van der Waals surface area (Å²) < 4.78 is 10.8. The van der Waals surface area contributed by atoms with Crippen molar-refractivity contribution in [2.24, 2.45) is 47.3 Å². The van der Waals surface area contributed by atoms with E-state index >= 15 is 0 Å². The van der Waals surface area contributed by atoms with Crippen LogP contribution in [0.5, 0.6) is 0 Å². The van der Waals surface area contributed by atoms with Crippen LogP contribution in [0.25, 0.3) is 0 Å². The monoisotopic (exact) mass is 388 g/mol. The lowest BCUT2D eigenvalue weighted by Crippen LogP contribution is -2.37. The Morgan fingerprint density at radius 1 is 0.786 bits per heavy atom. The van der Waals surface area contributed by atoms with E-state index in [0.717, 1.165) is 48.3 Å². The summed E-state index contributed by atoms with van der Waals surface area (Å²) in [7, 11) is 0.